The number of hydrogen-bond donors (Lipinski definition) is 1. The molecule has 0 aliphatic heterocycles. The van der Waals surface area contributed by atoms with E-state index in [-0.39, 0.29) is 10.8 Å². The van der Waals surface area contributed by atoms with Gasteiger partial charge in [-0.2, -0.15) is 0 Å². The van der Waals surface area contributed by atoms with Gasteiger partial charge in [0.15, 0.2) is 0 Å². The van der Waals surface area contributed by atoms with Gasteiger partial charge in [-0.1, -0.05) is 25.5 Å². The molecule has 5 atom stereocenters. The van der Waals surface area contributed by atoms with Gasteiger partial charge in [-0.05, 0) is 92.4 Å². The van der Waals surface area contributed by atoms with E-state index < -0.39 is 0 Å². The van der Waals surface area contributed by atoms with Gasteiger partial charge in [-0.25, -0.2) is 0 Å². The van der Waals surface area contributed by atoms with Crippen LogP contribution in [0.1, 0.15) is 58.1 Å². The molecule has 1 aromatic rings. The Hall–Kier alpha value is -1.81. The lowest BCUT2D eigenvalue weighted by Gasteiger charge is -2.57. The van der Waals surface area contributed by atoms with Crippen LogP contribution in [0.5, 0.6) is 0 Å². The summed E-state index contributed by atoms with van der Waals surface area (Å²) in [5, 5.41) is 3.34. The Kier molecular flexibility index (Phi) is 5.26. The van der Waals surface area contributed by atoms with Crippen LogP contribution in [0, 0.1) is 28.6 Å². The standard InChI is InChI=1S/C24H33N3O/c1-23(11-12-25-3)17(9-15-28)4-5-18-19-6-7-21(22-16-26-13-14-27-22)24(19,2)10-8-20(18)23/h7,9,13-16,18-20,25H,4-6,8,10-12H2,1-3H3/b17-9-. The van der Waals surface area contributed by atoms with Gasteiger partial charge in [0.2, 0.25) is 0 Å². The fourth-order valence-corrected chi connectivity index (χ4v) is 6.82. The van der Waals surface area contributed by atoms with Crippen molar-refractivity contribution < 1.29 is 4.79 Å². The maximum absolute atomic E-state index is 11.3. The van der Waals surface area contributed by atoms with Crippen molar-refractivity contribution in [2.24, 2.45) is 28.6 Å². The number of hydrogen-bond acceptors (Lipinski definition) is 4. The predicted octanol–water partition coefficient (Wildman–Crippen LogP) is 4.45. The molecule has 4 heteroatoms. The molecule has 1 aromatic heterocycles. The first-order valence-corrected chi connectivity index (χ1v) is 10.8. The zero-order valence-corrected chi connectivity index (χ0v) is 17.4. The van der Waals surface area contributed by atoms with Crippen molar-refractivity contribution in [2.75, 3.05) is 13.6 Å². The summed E-state index contributed by atoms with van der Waals surface area (Å²) >= 11 is 0. The molecule has 3 aliphatic carbocycles. The van der Waals surface area contributed by atoms with Gasteiger partial charge < -0.3 is 5.32 Å². The zero-order valence-electron chi connectivity index (χ0n) is 17.4. The van der Waals surface area contributed by atoms with E-state index in [1.165, 1.54) is 30.4 Å². The van der Waals surface area contributed by atoms with Crippen molar-refractivity contribution in [1.82, 2.24) is 15.3 Å². The van der Waals surface area contributed by atoms with E-state index in [0.717, 1.165) is 43.7 Å². The van der Waals surface area contributed by atoms with Crippen LogP contribution in [0.15, 0.2) is 36.3 Å². The Morgan fingerprint density at radius 3 is 2.82 bits per heavy atom. The quantitative estimate of drug-likeness (QED) is 0.607. The minimum Gasteiger partial charge on any atom is -0.320 e. The Balaban J connectivity index is 1.65. The van der Waals surface area contributed by atoms with Gasteiger partial charge >= 0.3 is 0 Å². The lowest BCUT2D eigenvalue weighted by atomic mass is 9.47. The third-order valence-corrected chi connectivity index (χ3v) is 8.32. The highest BCUT2D eigenvalue weighted by atomic mass is 16.1. The van der Waals surface area contributed by atoms with Crippen LogP contribution < -0.4 is 5.32 Å². The maximum atomic E-state index is 11.3. The highest BCUT2D eigenvalue weighted by Crippen LogP contribution is 2.65. The topological polar surface area (TPSA) is 54.9 Å². The molecule has 1 heterocycles. The maximum Gasteiger partial charge on any atom is 0.142 e. The fraction of sp³-hybridized carbons (Fsp3) is 0.625. The van der Waals surface area contributed by atoms with E-state index in [1.54, 1.807) is 6.20 Å². The monoisotopic (exact) mass is 379 g/mol. The van der Waals surface area contributed by atoms with E-state index in [9.17, 15) is 4.79 Å². The fourth-order valence-electron chi connectivity index (χ4n) is 6.82. The summed E-state index contributed by atoms with van der Waals surface area (Å²) in [4.78, 5) is 20.3. The Morgan fingerprint density at radius 1 is 1.25 bits per heavy atom. The molecule has 5 unspecified atom stereocenters. The van der Waals surface area contributed by atoms with Crippen molar-refractivity contribution in [3.05, 3.63) is 42.0 Å². The zero-order chi connectivity index (χ0) is 19.8. The largest absolute Gasteiger partial charge is 0.320 e. The SMILES string of the molecule is CNCCC1(C)/C(=C\C=O)CCC2C3CC=C(c4cnccn4)C3(C)CCC21. The second-order valence-corrected chi connectivity index (χ2v) is 9.41. The Labute approximate surface area is 168 Å². The second-order valence-electron chi connectivity index (χ2n) is 9.41. The number of aromatic nitrogens is 2. The van der Waals surface area contributed by atoms with Crippen LogP contribution >= 0.6 is 0 Å². The Bertz CT molecular complexity index is 786. The molecular formula is C24H33N3O. The highest BCUT2D eigenvalue weighted by molar-refractivity contribution is 5.70. The van der Waals surface area contributed by atoms with Crippen LogP contribution in [-0.4, -0.2) is 29.8 Å². The summed E-state index contributed by atoms with van der Waals surface area (Å²) in [6, 6.07) is 0. The predicted molar refractivity (Wildman–Crippen MR) is 112 cm³/mol. The molecule has 0 aromatic carbocycles. The molecule has 3 aliphatic rings. The number of carbonyl (C=O) groups is 1. The number of aldehydes is 1. The van der Waals surface area contributed by atoms with Gasteiger partial charge in [0, 0.05) is 12.4 Å². The number of fused-ring (bicyclic) bond motifs is 3. The Morgan fingerprint density at radius 2 is 2.11 bits per heavy atom. The van der Waals surface area contributed by atoms with Gasteiger partial charge in [0.1, 0.15) is 6.29 Å². The van der Waals surface area contributed by atoms with Crippen molar-refractivity contribution >= 4 is 11.9 Å². The molecular weight excluding hydrogens is 346 g/mol. The van der Waals surface area contributed by atoms with Crippen LogP contribution in [0.3, 0.4) is 0 Å². The normalized spacial score (nSPS) is 38.6. The molecule has 0 spiro atoms. The minimum atomic E-state index is 0.128. The molecule has 2 fully saturated rings. The van der Waals surface area contributed by atoms with Crippen molar-refractivity contribution in [3.8, 4) is 0 Å². The number of allylic oxidation sites excluding steroid dienone is 4. The summed E-state index contributed by atoms with van der Waals surface area (Å²) in [5.74, 6) is 2.05. The molecule has 0 bridgehead atoms. The summed E-state index contributed by atoms with van der Waals surface area (Å²) < 4.78 is 0. The van der Waals surface area contributed by atoms with Gasteiger partial charge in [-0.15, -0.1) is 0 Å². The molecule has 150 valence electrons. The van der Waals surface area contributed by atoms with Crippen LogP contribution in [0.2, 0.25) is 0 Å². The molecule has 2 saturated carbocycles. The van der Waals surface area contributed by atoms with E-state index in [0.29, 0.717) is 11.8 Å². The van der Waals surface area contributed by atoms with E-state index in [2.05, 4.69) is 35.2 Å². The number of carbonyl (C=O) groups excluding carboxylic acids is 1. The summed E-state index contributed by atoms with van der Waals surface area (Å²) in [6.07, 6.45) is 17.8. The average molecular weight is 380 g/mol. The molecule has 4 rings (SSSR count). The lowest BCUT2D eigenvalue weighted by Crippen LogP contribution is -2.49. The summed E-state index contributed by atoms with van der Waals surface area (Å²) in [6.45, 7) is 5.88. The minimum absolute atomic E-state index is 0.128. The summed E-state index contributed by atoms with van der Waals surface area (Å²) in [7, 11) is 2.03. The molecule has 0 saturated heterocycles. The lowest BCUT2D eigenvalue weighted by molar-refractivity contribution is -0.104. The first kappa shape index (κ1) is 19.5. The van der Waals surface area contributed by atoms with Gasteiger partial charge in [0.25, 0.3) is 0 Å². The molecule has 1 N–H and O–H groups in total. The smallest absolute Gasteiger partial charge is 0.142 e. The molecule has 28 heavy (non-hydrogen) atoms. The molecule has 4 nitrogen and oxygen atoms in total. The average Bonchev–Trinajstić information content (AvgIpc) is 3.07. The van der Waals surface area contributed by atoms with Crippen molar-refractivity contribution in [3.63, 3.8) is 0 Å². The van der Waals surface area contributed by atoms with E-state index >= 15 is 0 Å². The third kappa shape index (κ3) is 2.97. The van der Waals surface area contributed by atoms with Crippen molar-refractivity contribution in [2.45, 2.75) is 52.4 Å². The summed E-state index contributed by atoms with van der Waals surface area (Å²) in [5.41, 5.74) is 4.18. The van der Waals surface area contributed by atoms with Gasteiger partial charge in [-0.3, -0.25) is 14.8 Å². The highest BCUT2D eigenvalue weighted by Gasteiger charge is 2.56. The van der Waals surface area contributed by atoms with Crippen LogP contribution in [0.4, 0.5) is 0 Å². The van der Waals surface area contributed by atoms with E-state index in [1.807, 2.05) is 25.5 Å². The first-order chi connectivity index (χ1) is 13.5. The number of rotatable bonds is 5. The van der Waals surface area contributed by atoms with Gasteiger partial charge in [0.05, 0.1) is 11.9 Å². The third-order valence-electron chi connectivity index (χ3n) is 8.32. The number of nitrogens with one attached hydrogen (secondary N) is 1. The van der Waals surface area contributed by atoms with Crippen LogP contribution in [-0.2, 0) is 4.79 Å². The van der Waals surface area contributed by atoms with Crippen LogP contribution in [0.25, 0.3) is 5.57 Å². The number of nitrogens with zero attached hydrogens (tertiary/aromatic N) is 2. The van der Waals surface area contributed by atoms with E-state index in [4.69, 9.17) is 0 Å². The molecule has 0 amide bonds. The second kappa shape index (κ2) is 7.55. The van der Waals surface area contributed by atoms with Crippen molar-refractivity contribution in [1.29, 1.82) is 0 Å². The first-order valence-electron chi connectivity index (χ1n) is 10.8. The molecule has 0 radical (unpaired) electrons.